The molecule has 6 heterocycles. The van der Waals surface area contributed by atoms with Crippen molar-refractivity contribution < 1.29 is 16.5 Å². The molecule has 4 saturated heterocycles. The van der Waals surface area contributed by atoms with E-state index in [2.05, 4.69) is 40.8 Å². The molecule has 4 aliphatic heterocycles. The summed E-state index contributed by atoms with van der Waals surface area (Å²) in [5.74, 6) is 3.24. The van der Waals surface area contributed by atoms with Crippen LogP contribution in [0.1, 0.15) is 76.6 Å². The van der Waals surface area contributed by atoms with Crippen molar-refractivity contribution in [3.8, 4) is 0 Å². The van der Waals surface area contributed by atoms with Gasteiger partial charge in [-0.2, -0.15) is 10.2 Å². The van der Waals surface area contributed by atoms with Crippen molar-refractivity contribution >= 4 is 46.1 Å². The molecule has 0 unspecified atom stereocenters. The number of fused-ring (bicyclic) bond motifs is 8. The second-order valence-electron chi connectivity index (χ2n) is 12.2. The Morgan fingerprint density at radius 2 is 0.953 bits per heavy atom. The third-order valence-electron chi connectivity index (χ3n) is 9.13. The molecule has 2 aromatic rings. The van der Waals surface area contributed by atoms with Crippen LogP contribution >= 0.6 is 24.4 Å². The van der Waals surface area contributed by atoms with Crippen LogP contribution in [0.4, 0.5) is 0 Å². The van der Waals surface area contributed by atoms with Gasteiger partial charge in [0.2, 0.25) is 0 Å². The first-order valence-corrected chi connectivity index (χ1v) is 16.3. The normalized spacial score (nSPS) is 25.0. The number of rotatable bonds is 4. The average Bonchev–Trinajstić information content (AvgIpc) is 3.56. The van der Waals surface area contributed by atoms with Crippen molar-refractivity contribution in [2.24, 2.45) is 33.9 Å². The summed E-state index contributed by atoms with van der Waals surface area (Å²) >= 11 is 11.0. The minimum atomic E-state index is 0. The summed E-state index contributed by atoms with van der Waals surface area (Å²) in [6.07, 6.45) is 14.4. The minimum absolute atomic E-state index is 0. The van der Waals surface area contributed by atoms with Crippen molar-refractivity contribution in [1.29, 1.82) is 0 Å². The molecule has 6 fully saturated rings. The van der Waals surface area contributed by atoms with E-state index in [1.807, 2.05) is 50.2 Å². The molecule has 2 aromatic heterocycles. The summed E-state index contributed by atoms with van der Waals surface area (Å²) in [6, 6.07) is 11.6. The zero-order valence-corrected chi connectivity index (χ0v) is 27.9. The third kappa shape index (κ3) is 9.75. The van der Waals surface area contributed by atoms with Crippen molar-refractivity contribution in [3.63, 3.8) is 0 Å². The molecule has 43 heavy (non-hydrogen) atoms. The number of aromatic nitrogens is 2. The number of hydrogen-bond donors (Lipinski definition) is 2. The summed E-state index contributed by atoms with van der Waals surface area (Å²) in [4.78, 5) is 13.2. The van der Waals surface area contributed by atoms with Crippen molar-refractivity contribution in [2.75, 3.05) is 26.2 Å². The maximum Gasteiger partial charge on any atom is 0.189 e. The van der Waals surface area contributed by atoms with Crippen LogP contribution in [0.25, 0.3) is 0 Å². The largest absolute Gasteiger partial charge is 0.347 e. The second-order valence-corrected chi connectivity index (χ2v) is 13.0. The summed E-state index contributed by atoms with van der Waals surface area (Å²) in [5, 5.41) is 10.3. The van der Waals surface area contributed by atoms with E-state index in [1.54, 1.807) is 12.4 Å². The molecule has 0 aromatic carbocycles. The zero-order valence-electron chi connectivity index (χ0n) is 25.2. The topological polar surface area (TPSA) is 81.0 Å². The van der Waals surface area contributed by atoms with Gasteiger partial charge in [0.1, 0.15) is 0 Å². The first kappa shape index (κ1) is 33.4. The third-order valence-corrected chi connectivity index (χ3v) is 9.83. The van der Waals surface area contributed by atoms with Crippen LogP contribution in [0.15, 0.2) is 59.0 Å². The molecule has 2 N–H and O–H groups in total. The quantitative estimate of drug-likeness (QED) is 0.190. The maximum atomic E-state index is 5.52. The molecular weight excluding hydrogens is 619 g/mol. The zero-order chi connectivity index (χ0) is 29.3. The number of hydrogen-bond acceptors (Lipinski definition) is 6. The standard InChI is InChI=1S/2C16H22N4S.Ni/c2*1-12(15-4-2-3-9-17-15)18-19-16(21)20-10-13-5-6-14(11-20)8-7-13;/h2*2-4,9,13-14H,5-8,10-11H2,1H3,(H,19,21);. The van der Waals surface area contributed by atoms with Gasteiger partial charge >= 0.3 is 0 Å². The number of pyridine rings is 2. The van der Waals surface area contributed by atoms with E-state index in [-0.39, 0.29) is 16.5 Å². The fourth-order valence-electron chi connectivity index (χ4n) is 6.59. The molecule has 8 rings (SSSR count). The van der Waals surface area contributed by atoms with Gasteiger partial charge in [0, 0.05) is 55.1 Å². The van der Waals surface area contributed by atoms with E-state index in [0.29, 0.717) is 0 Å². The summed E-state index contributed by atoms with van der Waals surface area (Å²) in [7, 11) is 0. The predicted molar refractivity (Wildman–Crippen MR) is 178 cm³/mol. The Hall–Kier alpha value is -2.49. The summed E-state index contributed by atoms with van der Waals surface area (Å²) in [5.41, 5.74) is 9.58. The molecule has 0 atom stereocenters. The Bertz CT molecular complexity index is 1120. The van der Waals surface area contributed by atoms with E-state index >= 15 is 0 Å². The van der Waals surface area contributed by atoms with Gasteiger partial charge in [-0.1, -0.05) is 12.1 Å². The molecular formula is C32H44N8NiS2. The van der Waals surface area contributed by atoms with Crippen molar-refractivity contribution in [1.82, 2.24) is 30.6 Å². The Morgan fingerprint density at radius 1 is 0.628 bits per heavy atom. The molecule has 0 amide bonds. The van der Waals surface area contributed by atoms with Crippen LogP contribution < -0.4 is 10.9 Å². The van der Waals surface area contributed by atoms with Gasteiger partial charge in [-0.15, -0.1) is 0 Å². The van der Waals surface area contributed by atoms with Gasteiger partial charge < -0.3 is 9.80 Å². The van der Waals surface area contributed by atoms with Crippen LogP contribution in [-0.4, -0.2) is 67.6 Å². The molecule has 0 radical (unpaired) electrons. The molecule has 4 bridgehead atoms. The molecule has 234 valence electrons. The van der Waals surface area contributed by atoms with E-state index in [0.717, 1.165) is 82.9 Å². The van der Waals surface area contributed by atoms with Gasteiger partial charge in [0.05, 0.1) is 22.8 Å². The summed E-state index contributed by atoms with van der Waals surface area (Å²) < 4.78 is 0. The Balaban J connectivity index is 0.000000192. The van der Waals surface area contributed by atoms with Crippen molar-refractivity contribution in [3.05, 3.63) is 60.2 Å². The van der Waals surface area contributed by atoms with Crippen molar-refractivity contribution in [2.45, 2.75) is 65.2 Å². The van der Waals surface area contributed by atoms with Gasteiger partial charge in [-0.05, 0) is 138 Å². The van der Waals surface area contributed by atoms with Crippen LogP contribution in [-0.2, 0) is 16.5 Å². The van der Waals surface area contributed by atoms with Gasteiger partial charge in [0.25, 0.3) is 0 Å². The number of nitrogens with zero attached hydrogens (tertiary/aromatic N) is 6. The molecule has 2 saturated carbocycles. The monoisotopic (exact) mass is 662 g/mol. The van der Waals surface area contributed by atoms with Crippen LogP contribution in [0.3, 0.4) is 0 Å². The van der Waals surface area contributed by atoms with E-state index < -0.39 is 0 Å². The van der Waals surface area contributed by atoms with Gasteiger partial charge in [0.15, 0.2) is 10.2 Å². The van der Waals surface area contributed by atoms with Crippen LogP contribution in [0.5, 0.6) is 0 Å². The first-order valence-electron chi connectivity index (χ1n) is 15.5. The fourth-order valence-corrected chi connectivity index (χ4v) is 6.98. The number of hydrazone groups is 2. The Labute approximate surface area is 277 Å². The molecule has 8 nitrogen and oxygen atoms in total. The predicted octanol–water partition coefficient (Wildman–Crippen LogP) is 5.60. The van der Waals surface area contributed by atoms with E-state index in [9.17, 15) is 0 Å². The SMILES string of the molecule is CC(=NNC(=S)N1CC2CCC(CC2)C1)c1ccccn1.CC(=NNC(=S)N1CC2CCC(CC2)C1)c1ccccn1.[Ni]. The van der Waals surface area contributed by atoms with Gasteiger partial charge in [-0.25, -0.2) is 0 Å². The number of nitrogens with one attached hydrogen (secondary N) is 2. The Kier molecular flexibility index (Phi) is 12.9. The maximum absolute atomic E-state index is 5.52. The number of thiocarbonyl (C=S) groups is 2. The fraction of sp³-hybridized carbons (Fsp3) is 0.562. The summed E-state index contributed by atoms with van der Waals surface area (Å²) in [6.45, 7) is 8.23. The second kappa shape index (κ2) is 16.5. The molecule has 6 aliphatic rings. The minimum Gasteiger partial charge on any atom is -0.347 e. The van der Waals surface area contributed by atoms with Crippen LogP contribution in [0, 0.1) is 23.7 Å². The molecule has 11 heteroatoms. The van der Waals surface area contributed by atoms with E-state index in [1.165, 1.54) is 51.4 Å². The molecule has 2 aliphatic carbocycles. The Morgan fingerprint density at radius 3 is 1.23 bits per heavy atom. The van der Waals surface area contributed by atoms with Gasteiger partial charge in [-0.3, -0.25) is 20.8 Å². The molecule has 0 spiro atoms. The van der Waals surface area contributed by atoms with E-state index in [4.69, 9.17) is 24.4 Å². The average molecular weight is 664 g/mol. The smallest absolute Gasteiger partial charge is 0.189 e. The first-order chi connectivity index (χ1) is 20.4. The van der Waals surface area contributed by atoms with Crippen LogP contribution in [0.2, 0.25) is 0 Å².